The molecule has 0 aromatic rings. The van der Waals surface area contributed by atoms with Crippen molar-refractivity contribution in [2.45, 2.75) is 523 Å². The van der Waals surface area contributed by atoms with Crippen molar-refractivity contribution >= 4 is 5.91 Å². The second kappa shape index (κ2) is 71.4. The number of aliphatic hydroxyl groups excluding tert-OH is 11. The fourth-order valence-electron chi connectivity index (χ4n) is 16.1. The molecule has 0 saturated carbocycles. The number of hydrogen-bond donors (Lipinski definition) is 12. The third-order valence-corrected chi connectivity index (χ3v) is 23.5. The molecule has 3 fully saturated rings. The van der Waals surface area contributed by atoms with Crippen LogP contribution in [0.2, 0.25) is 0 Å². The molecule has 17 unspecified atom stereocenters. The number of hydrogen-bond acceptors (Lipinski definition) is 18. The van der Waals surface area contributed by atoms with Gasteiger partial charge in [-0.2, -0.15) is 0 Å². The van der Waals surface area contributed by atoms with E-state index < -0.39 is 124 Å². The Bertz CT molecular complexity index is 2070. The molecule has 0 bridgehead atoms. The van der Waals surface area contributed by atoms with Gasteiger partial charge in [0.1, 0.15) is 73.2 Å². The van der Waals surface area contributed by atoms with E-state index in [-0.39, 0.29) is 18.9 Å². The first kappa shape index (κ1) is 102. The Morgan fingerprint density at radius 3 is 0.909 bits per heavy atom. The zero-order valence-electron chi connectivity index (χ0n) is 70.3. The van der Waals surface area contributed by atoms with E-state index in [2.05, 4.69) is 31.3 Å². The van der Waals surface area contributed by atoms with Gasteiger partial charge >= 0.3 is 0 Å². The normalized spacial score (nSPS) is 25.2. The second-order valence-corrected chi connectivity index (χ2v) is 33.5. The highest BCUT2D eigenvalue weighted by atomic mass is 16.8. The number of amides is 1. The Kier molecular flexibility index (Phi) is 66.5. The van der Waals surface area contributed by atoms with Crippen molar-refractivity contribution in [3.8, 4) is 0 Å². The summed E-state index contributed by atoms with van der Waals surface area (Å²) >= 11 is 0. The van der Waals surface area contributed by atoms with Crippen LogP contribution in [0.5, 0.6) is 0 Å². The van der Waals surface area contributed by atoms with Gasteiger partial charge in [0.2, 0.25) is 5.91 Å². The van der Waals surface area contributed by atoms with Crippen molar-refractivity contribution < 1.29 is 89.4 Å². The highest BCUT2D eigenvalue weighted by Crippen LogP contribution is 2.34. The lowest BCUT2D eigenvalue weighted by Gasteiger charge is -2.48. The maximum absolute atomic E-state index is 13.5. The first-order chi connectivity index (χ1) is 53.8. The minimum Gasteiger partial charge on any atom is -0.394 e. The summed E-state index contributed by atoms with van der Waals surface area (Å²) in [6.45, 7) is 1.80. The van der Waals surface area contributed by atoms with Gasteiger partial charge in [-0.1, -0.05) is 404 Å². The maximum Gasteiger partial charge on any atom is 0.220 e. The van der Waals surface area contributed by atoms with Gasteiger partial charge in [0.05, 0.1) is 38.6 Å². The minimum absolute atomic E-state index is 0.241. The van der Waals surface area contributed by atoms with Gasteiger partial charge in [-0.05, 0) is 32.1 Å². The van der Waals surface area contributed by atoms with Gasteiger partial charge < -0.3 is 89.9 Å². The molecule has 0 spiro atoms. The van der Waals surface area contributed by atoms with Crippen molar-refractivity contribution in [3.05, 3.63) is 24.3 Å². The molecule has 3 rings (SSSR count). The molecule has 0 radical (unpaired) electrons. The van der Waals surface area contributed by atoms with Crippen LogP contribution in [-0.4, -0.2) is 193 Å². The lowest BCUT2D eigenvalue weighted by Crippen LogP contribution is -2.66. The average Bonchev–Trinajstić information content (AvgIpc) is 0.780. The summed E-state index contributed by atoms with van der Waals surface area (Å²) in [5, 5.41) is 121. The highest BCUT2D eigenvalue weighted by molar-refractivity contribution is 5.76. The molecule has 3 aliphatic rings. The van der Waals surface area contributed by atoms with Gasteiger partial charge in [0, 0.05) is 6.42 Å². The summed E-state index contributed by atoms with van der Waals surface area (Å²) in [5.74, 6) is -0.275. The fourth-order valence-corrected chi connectivity index (χ4v) is 16.1. The quantitative estimate of drug-likeness (QED) is 0.0199. The predicted molar refractivity (Wildman–Crippen MR) is 443 cm³/mol. The monoisotopic (exact) mass is 1570 g/mol. The van der Waals surface area contributed by atoms with Crippen LogP contribution in [0.25, 0.3) is 0 Å². The van der Waals surface area contributed by atoms with Crippen LogP contribution in [0.3, 0.4) is 0 Å². The summed E-state index contributed by atoms with van der Waals surface area (Å²) in [6.07, 6.45) is 63.5. The number of carbonyl (C=O) groups is 1. The van der Waals surface area contributed by atoms with Crippen LogP contribution in [0.15, 0.2) is 24.3 Å². The summed E-state index contributed by atoms with van der Waals surface area (Å²) < 4.78 is 34.5. The topological polar surface area (TPSA) is 307 Å². The lowest BCUT2D eigenvalue weighted by molar-refractivity contribution is -0.379. The lowest BCUT2D eigenvalue weighted by atomic mass is 9.96. The third-order valence-electron chi connectivity index (χ3n) is 23.5. The smallest absolute Gasteiger partial charge is 0.220 e. The molecule has 0 aromatic carbocycles. The largest absolute Gasteiger partial charge is 0.394 e. The van der Waals surface area contributed by atoms with Crippen LogP contribution < -0.4 is 5.32 Å². The molecule has 650 valence electrons. The Balaban J connectivity index is 1.32. The van der Waals surface area contributed by atoms with Crippen LogP contribution in [0, 0.1) is 0 Å². The molecule has 110 heavy (non-hydrogen) atoms. The van der Waals surface area contributed by atoms with E-state index >= 15 is 0 Å². The van der Waals surface area contributed by atoms with E-state index in [9.17, 15) is 61.0 Å². The highest BCUT2D eigenvalue weighted by Gasteiger charge is 2.54. The first-order valence-electron chi connectivity index (χ1n) is 46.6. The van der Waals surface area contributed by atoms with Crippen molar-refractivity contribution in [2.75, 3.05) is 26.4 Å². The van der Waals surface area contributed by atoms with Crippen molar-refractivity contribution in [1.29, 1.82) is 0 Å². The predicted octanol–water partition coefficient (Wildman–Crippen LogP) is 18.0. The van der Waals surface area contributed by atoms with Crippen LogP contribution in [-0.2, 0) is 33.2 Å². The molecule has 0 aromatic heterocycles. The van der Waals surface area contributed by atoms with Crippen LogP contribution >= 0.6 is 0 Å². The Morgan fingerprint density at radius 1 is 0.318 bits per heavy atom. The number of rotatable bonds is 77. The molecule has 12 N–H and O–H groups in total. The van der Waals surface area contributed by atoms with Crippen LogP contribution in [0.1, 0.15) is 418 Å². The van der Waals surface area contributed by atoms with E-state index in [1.807, 2.05) is 6.08 Å². The van der Waals surface area contributed by atoms with Gasteiger partial charge in [-0.15, -0.1) is 0 Å². The maximum atomic E-state index is 13.5. The summed E-state index contributed by atoms with van der Waals surface area (Å²) in [7, 11) is 0. The minimum atomic E-state index is -1.98. The number of carbonyl (C=O) groups excluding carboxylic acids is 1. The van der Waals surface area contributed by atoms with Crippen molar-refractivity contribution in [3.63, 3.8) is 0 Å². The second-order valence-electron chi connectivity index (χ2n) is 33.5. The molecule has 1 amide bonds. The number of ether oxygens (including phenoxy) is 6. The molecule has 0 aliphatic carbocycles. The van der Waals surface area contributed by atoms with Gasteiger partial charge in [-0.25, -0.2) is 0 Å². The molecule has 19 heteroatoms. The zero-order chi connectivity index (χ0) is 79.5. The molecule has 3 heterocycles. The molecule has 19 nitrogen and oxygen atoms in total. The van der Waals surface area contributed by atoms with Gasteiger partial charge in [0.15, 0.2) is 18.9 Å². The molecule has 3 aliphatic heterocycles. The summed E-state index contributed by atoms with van der Waals surface area (Å²) in [5.41, 5.74) is 0. The fraction of sp³-hybridized carbons (Fsp3) is 0.945. The van der Waals surface area contributed by atoms with Crippen molar-refractivity contribution in [1.82, 2.24) is 5.32 Å². The van der Waals surface area contributed by atoms with E-state index in [1.54, 1.807) is 6.08 Å². The van der Waals surface area contributed by atoms with E-state index in [1.165, 1.54) is 347 Å². The SMILES string of the molecule is CCCCCCCCCCCCCCCCCCCCCCCCCCCCC/C=C/CC/C=C/C(O)C(COC1OC(CO)C(OC2OC(CO)C(OC3OC(CO)C(O)C(O)C3O)C(O)C2O)C(O)C1O)NC(=O)CCCCCCCCCCCCCCCCCCCCCCCCCCCCCCCCCC. The molecular weight excluding hydrogens is 1390 g/mol. The summed E-state index contributed by atoms with van der Waals surface area (Å²) in [4.78, 5) is 13.5. The molecule has 3 saturated heterocycles. The molecule has 17 atom stereocenters. The van der Waals surface area contributed by atoms with E-state index in [4.69, 9.17) is 28.4 Å². The van der Waals surface area contributed by atoms with Crippen LogP contribution in [0.4, 0.5) is 0 Å². The summed E-state index contributed by atoms with van der Waals surface area (Å²) in [6, 6.07) is -0.990. The average molecular weight is 1570 g/mol. The molecular formula is C91H173NO18. The third kappa shape index (κ3) is 49.5. The number of aliphatic hydroxyl groups is 11. The number of nitrogens with one attached hydrogen (secondary N) is 1. The Hall–Kier alpha value is -1.73. The first-order valence-corrected chi connectivity index (χ1v) is 46.6. The van der Waals surface area contributed by atoms with Gasteiger partial charge in [-0.3, -0.25) is 4.79 Å². The van der Waals surface area contributed by atoms with E-state index in [0.29, 0.717) is 12.8 Å². The van der Waals surface area contributed by atoms with Gasteiger partial charge in [0.25, 0.3) is 0 Å². The Labute approximate surface area is 670 Å². The zero-order valence-corrected chi connectivity index (χ0v) is 70.3. The number of unbranched alkanes of at least 4 members (excludes halogenated alkanes) is 59. The van der Waals surface area contributed by atoms with E-state index in [0.717, 1.165) is 38.5 Å². The number of allylic oxidation sites excluding steroid dienone is 3. The van der Waals surface area contributed by atoms with Crippen molar-refractivity contribution in [2.24, 2.45) is 0 Å². The Morgan fingerprint density at radius 2 is 0.582 bits per heavy atom. The standard InChI is InChI=1S/C91H173NO18/c1-3-5-7-9-11-13-15-17-19-21-23-25-27-29-31-33-35-37-38-40-42-44-46-48-50-52-54-56-58-60-62-64-66-68-75(96)74(92-79(97)69-67-65-63-61-59-57-55-53-51-49-47-45-43-41-39-36-34-32-30-28-26-24-22-20-18-16-14-12-10-8-6-4-2)73-105-89-85(103)82(100)87(77(71-94)107-89)110-91-86(104)83(101)88(78(72-95)108-91)109-90-84(102)81(99)80(98)76(70-93)106-90/h58,60,66,68,74-78,80-91,93-96,98-104H,3-57,59,61-65,67,69-73H2,1-2H3,(H,92,97)/b60-58+,68-66+.